The normalized spacial score (nSPS) is 10.8. The molecule has 2 amide bonds. The summed E-state index contributed by atoms with van der Waals surface area (Å²) in [5, 5.41) is 2.89. The van der Waals surface area contributed by atoms with Gasteiger partial charge in [0.25, 0.3) is 0 Å². The minimum atomic E-state index is -0.212. The Balaban J connectivity index is 1.93. The van der Waals surface area contributed by atoms with Crippen LogP contribution in [0.3, 0.4) is 0 Å². The van der Waals surface area contributed by atoms with Crippen LogP contribution in [0.15, 0.2) is 53.4 Å². The van der Waals surface area contributed by atoms with E-state index >= 15 is 0 Å². The van der Waals surface area contributed by atoms with Crippen LogP contribution in [0.4, 0.5) is 5.69 Å². The fourth-order valence-electron chi connectivity index (χ4n) is 2.49. The predicted octanol–water partition coefficient (Wildman–Crippen LogP) is 4.14. The van der Waals surface area contributed by atoms with Gasteiger partial charge in [0.15, 0.2) is 0 Å². The minimum absolute atomic E-state index is 0.00234. The molecule has 0 fully saturated rings. The van der Waals surface area contributed by atoms with Crippen LogP contribution in [-0.4, -0.2) is 36.6 Å². The number of nitrogens with zero attached hydrogens (tertiary/aromatic N) is 1. The summed E-state index contributed by atoms with van der Waals surface area (Å²) in [6.45, 7) is 3.90. The average Bonchev–Trinajstić information content (AvgIpc) is 2.63. The molecule has 0 saturated heterocycles. The van der Waals surface area contributed by atoms with Crippen molar-refractivity contribution in [1.29, 1.82) is 0 Å². The van der Waals surface area contributed by atoms with Crippen LogP contribution < -0.4 is 5.32 Å². The van der Waals surface area contributed by atoms with Crippen LogP contribution in [0.25, 0.3) is 6.08 Å². The zero-order valence-corrected chi connectivity index (χ0v) is 16.4. The third-order valence-corrected chi connectivity index (χ3v) is 4.78. The van der Waals surface area contributed by atoms with Gasteiger partial charge in [0.1, 0.15) is 0 Å². The Labute approximate surface area is 159 Å². The lowest BCUT2D eigenvalue weighted by Gasteiger charge is -2.16. The molecule has 5 heteroatoms. The zero-order chi connectivity index (χ0) is 19.1. The van der Waals surface area contributed by atoms with Gasteiger partial charge in [0, 0.05) is 23.7 Å². The Morgan fingerprint density at radius 2 is 1.69 bits per heavy atom. The molecule has 2 rings (SSSR count). The van der Waals surface area contributed by atoms with Gasteiger partial charge in [-0.3, -0.25) is 9.59 Å². The number of thioether (sulfide) groups is 1. The summed E-state index contributed by atoms with van der Waals surface area (Å²) < 4.78 is 0. The first kappa shape index (κ1) is 19.8. The SMILES string of the molecule is CSc1ccc(/C=C/C(=O)N(C)CC(=O)Nc2c(C)cccc2C)cc1. The monoisotopic (exact) mass is 368 g/mol. The van der Waals surface area contributed by atoms with Crippen molar-refractivity contribution < 1.29 is 9.59 Å². The molecule has 2 aromatic carbocycles. The first-order valence-electron chi connectivity index (χ1n) is 8.34. The van der Waals surface area contributed by atoms with Crippen molar-refractivity contribution >= 4 is 35.3 Å². The highest BCUT2D eigenvalue weighted by molar-refractivity contribution is 7.98. The fraction of sp³-hybridized carbons (Fsp3) is 0.238. The van der Waals surface area contributed by atoms with Gasteiger partial charge in [-0.2, -0.15) is 0 Å². The van der Waals surface area contributed by atoms with E-state index in [0.29, 0.717) is 0 Å². The molecular formula is C21H24N2O2S. The number of hydrogen-bond acceptors (Lipinski definition) is 3. The molecule has 0 aliphatic rings. The average molecular weight is 369 g/mol. The van der Waals surface area contributed by atoms with Gasteiger partial charge in [-0.1, -0.05) is 30.3 Å². The van der Waals surface area contributed by atoms with Crippen molar-refractivity contribution in [3.05, 3.63) is 65.2 Å². The molecule has 2 aromatic rings. The molecule has 0 saturated carbocycles. The Morgan fingerprint density at radius 3 is 2.27 bits per heavy atom. The summed E-state index contributed by atoms with van der Waals surface area (Å²) >= 11 is 1.67. The summed E-state index contributed by atoms with van der Waals surface area (Å²) in [5.41, 5.74) is 3.76. The molecule has 26 heavy (non-hydrogen) atoms. The Morgan fingerprint density at radius 1 is 1.08 bits per heavy atom. The third-order valence-electron chi connectivity index (χ3n) is 4.04. The van der Waals surface area contributed by atoms with Crippen molar-refractivity contribution in [1.82, 2.24) is 4.90 Å². The van der Waals surface area contributed by atoms with E-state index in [2.05, 4.69) is 5.32 Å². The summed E-state index contributed by atoms with van der Waals surface area (Å²) in [6, 6.07) is 13.8. The number of anilines is 1. The van der Waals surface area contributed by atoms with Crippen molar-refractivity contribution in [2.24, 2.45) is 0 Å². The summed E-state index contributed by atoms with van der Waals surface area (Å²) in [5.74, 6) is -0.424. The maximum absolute atomic E-state index is 12.2. The summed E-state index contributed by atoms with van der Waals surface area (Å²) in [7, 11) is 1.62. The van der Waals surface area contributed by atoms with Gasteiger partial charge >= 0.3 is 0 Å². The van der Waals surface area contributed by atoms with Gasteiger partial charge < -0.3 is 10.2 Å². The Kier molecular flexibility index (Phi) is 7.04. The van der Waals surface area contributed by atoms with Crippen LogP contribution in [0.1, 0.15) is 16.7 Å². The Hall–Kier alpha value is -2.53. The van der Waals surface area contributed by atoms with E-state index in [1.54, 1.807) is 24.9 Å². The molecule has 0 radical (unpaired) electrons. The van der Waals surface area contributed by atoms with Crippen molar-refractivity contribution in [3.8, 4) is 0 Å². The molecule has 0 aromatic heterocycles. The molecule has 0 unspecified atom stereocenters. The number of aryl methyl sites for hydroxylation is 2. The zero-order valence-electron chi connectivity index (χ0n) is 15.6. The highest BCUT2D eigenvalue weighted by Crippen LogP contribution is 2.19. The van der Waals surface area contributed by atoms with Crippen LogP contribution in [-0.2, 0) is 9.59 Å². The number of benzene rings is 2. The predicted molar refractivity (Wildman–Crippen MR) is 109 cm³/mol. The number of para-hydroxylation sites is 1. The van der Waals surface area contributed by atoms with Gasteiger partial charge in [-0.05, 0) is 55.0 Å². The number of hydrogen-bond donors (Lipinski definition) is 1. The second-order valence-corrected chi connectivity index (χ2v) is 7.00. The van der Waals surface area contributed by atoms with E-state index in [-0.39, 0.29) is 18.4 Å². The van der Waals surface area contributed by atoms with E-state index in [1.165, 1.54) is 15.9 Å². The molecule has 1 N–H and O–H groups in total. The van der Waals surface area contributed by atoms with Gasteiger partial charge in [0.2, 0.25) is 11.8 Å². The number of rotatable bonds is 6. The fourth-order valence-corrected chi connectivity index (χ4v) is 2.90. The highest BCUT2D eigenvalue weighted by Gasteiger charge is 2.12. The molecule has 0 bridgehead atoms. The topological polar surface area (TPSA) is 49.4 Å². The maximum Gasteiger partial charge on any atom is 0.246 e. The molecule has 136 valence electrons. The second-order valence-electron chi connectivity index (χ2n) is 6.12. The summed E-state index contributed by atoms with van der Waals surface area (Å²) in [4.78, 5) is 27.0. The molecule has 0 aliphatic heterocycles. The standard InChI is InChI=1S/C21H24N2O2S/c1-15-6-5-7-16(2)21(15)22-19(24)14-23(3)20(25)13-10-17-8-11-18(26-4)12-9-17/h5-13H,14H2,1-4H3,(H,22,24)/b13-10+. The Bertz CT molecular complexity index is 793. The van der Waals surface area contributed by atoms with E-state index in [0.717, 1.165) is 22.4 Å². The maximum atomic E-state index is 12.2. The molecule has 0 atom stereocenters. The molecule has 0 heterocycles. The molecule has 4 nitrogen and oxygen atoms in total. The number of carbonyl (C=O) groups is 2. The minimum Gasteiger partial charge on any atom is -0.333 e. The number of carbonyl (C=O) groups excluding carboxylic acids is 2. The van der Waals surface area contributed by atoms with Crippen molar-refractivity contribution in [3.63, 3.8) is 0 Å². The molecule has 0 spiro atoms. The van der Waals surface area contributed by atoms with Crippen LogP contribution in [0.5, 0.6) is 0 Å². The first-order valence-corrected chi connectivity index (χ1v) is 9.56. The van der Waals surface area contributed by atoms with Gasteiger partial charge in [-0.15, -0.1) is 11.8 Å². The van der Waals surface area contributed by atoms with Crippen LogP contribution in [0.2, 0.25) is 0 Å². The lowest BCUT2D eigenvalue weighted by molar-refractivity contribution is -0.129. The largest absolute Gasteiger partial charge is 0.333 e. The smallest absolute Gasteiger partial charge is 0.246 e. The molecular weight excluding hydrogens is 344 g/mol. The van der Waals surface area contributed by atoms with Gasteiger partial charge in [-0.25, -0.2) is 0 Å². The lowest BCUT2D eigenvalue weighted by Crippen LogP contribution is -2.34. The quantitative estimate of drug-likeness (QED) is 0.616. The highest BCUT2D eigenvalue weighted by atomic mass is 32.2. The molecule has 0 aliphatic carbocycles. The van der Waals surface area contributed by atoms with E-state index in [4.69, 9.17) is 0 Å². The second kappa shape index (κ2) is 9.25. The van der Waals surface area contributed by atoms with Crippen molar-refractivity contribution in [2.45, 2.75) is 18.7 Å². The van der Waals surface area contributed by atoms with E-state index < -0.39 is 0 Å². The van der Waals surface area contributed by atoms with Gasteiger partial charge in [0.05, 0.1) is 6.54 Å². The van der Waals surface area contributed by atoms with E-state index in [9.17, 15) is 9.59 Å². The van der Waals surface area contributed by atoms with Crippen molar-refractivity contribution in [2.75, 3.05) is 25.2 Å². The first-order chi connectivity index (χ1) is 12.4. The van der Waals surface area contributed by atoms with E-state index in [1.807, 2.05) is 62.6 Å². The summed E-state index contributed by atoms with van der Waals surface area (Å²) in [6.07, 6.45) is 5.26. The van der Waals surface area contributed by atoms with Crippen LogP contribution >= 0.6 is 11.8 Å². The lowest BCUT2D eigenvalue weighted by atomic mass is 10.1. The number of likely N-dealkylation sites (N-methyl/N-ethyl adjacent to an activating group) is 1. The number of nitrogens with one attached hydrogen (secondary N) is 1. The number of amides is 2. The third kappa shape index (κ3) is 5.49. The van der Waals surface area contributed by atoms with Crippen LogP contribution in [0, 0.1) is 13.8 Å².